The average molecular weight is 120 g/mol. The lowest BCUT2D eigenvalue weighted by atomic mass is 10.4. The highest BCUT2D eigenvalue weighted by Crippen LogP contribution is 1.89. The summed E-state index contributed by atoms with van der Waals surface area (Å²) in [4.78, 5) is 0. The van der Waals surface area contributed by atoms with Crippen molar-refractivity contribution < 1.29 is 5.10 Å². The van der Waals surface area contributed by atoms with Gasteiger partial charge in [-0.2, -0.15) is 15.6 Å². The number of aromatic nitrogens is 3. The number of H-pyrrole nitrogens is 2. The maximum atomic E-state index is 8.25. The highest BCUT2D eigenvalue weighted by molar-refractivity contribution is 5.29. The smallest absolute Gasteiger partial charge is 0.188 e. The van der Waals surface area contributed by atoms with E-state index in [0.29, 0.717) is 0 Å². The van der Waals surface area contributed by atoms with E-state index in [2.05, 4.69) is 15.4 Å². The Hall–Kier alpha value is -1.88. The molecule has 1 aromatic rings. The van der Waals surface area contributed by atoms with Gasteiger partial charge in [0.05, 0.1) is 5.10 Å². The molecular weight excluding hydrogens is 118 g/mol. The van der Waals surface area contributed by atoms with Gasteiger partial charge in [0.15, 0.2) is 12.1 Å². The van der Waals surface area contributed by atoms with Gasteiger partial charge in [-0.1, -0.05) is 5.21 Å². The molecule has 1 aromatic heterocycles. The summed E-state index contributed by atoms with van der Waals surface area (Å²) in [6, 6.07) is 3.49. The lowest BCUT2D eigenvalue weighted by molar-refractivity contribution is -0.458. The normalized spacial score (nSPS) is 7.78. The molecule has 0 aromatic carbocycles. The van der Waals surface area contributed by atoms with Crippen LogP contribution in [0.15, 0.2) is 0 Å². The molecular formula is C4H2N5+. The average Bonchev–Trinajstić information content (AvgIpc) is 2.33. The Balaban J connectivity index is 3.22. The number of hydrogen-bond acceptors (Lipinski definition) is 3. The highest BCUT2D eigenvalue weighted by atomic mass is 15.3. The summed E-state index contributed by atoms with van der Waals surface area (Å²) >= 11 is 0. The molecule has 0 fully saturated rings. The monoisotopic (exact) mass is 120 g/mol. The van der Waals surface area contributed by atoms with Crippen molar-refractivity contribution in [3.63, 3.8) is 0 Å². The van der Waals surface area contributed by atoms with Gasteiger partial charge in [-0.15, -0.1) is 0 Å². The van der Waals surface area contributed by atoms with E-state index < -0.39 is 0 Å². The first-order valence-corrected chi connectivity index (χ1v) is 2.14. The molecule has 42 valence electrons. The summed E-state index contributed by atoms with van der Waals surface area (Å²) in [6.07, 6.45) is 0. The van der Waals surface area contributed by atoms with Crippen LogP contribution in [-0.4, -0.2) is 10.3 Å². The Bertz CT molecular complexity index is 256. The molecule has 0 spiro atoms. The first-order valence-electron chi connectivity index (χ1n) is 2.14. The quantitative estimate of drug-likeness (QED) is 0.474. The van der Waals surface area contributed by atoms with Gasteiger partial charge in [0.25, 0.3) is 5.69 Å². The van der Waals surface area contributed by atoms with E-state index in [9.17, 15) is 0 Å². The molecule has 2 N–H and O–H groups in total. The minimum Gasteiger partial charge on any atom is -0.188 e. The van der Waals surface area contributed by atoms with E-state index >= 15 is 0 Å². The van der Waals surface area contributed by atoms with Crippen LogP contribution in [0.1, 0.15) is 11.4 Å². The molecule has 0 radical (unpaired) electrons. The lowest BCUT2D eigenvalue weighted by Gasteiger charge is -1.60. The Kier molecular flexibility index (Phi) is 1.13. The molecule has 5 nitrogen and oxygen atoms in total. The van der Waals surface area contributed by atoms with Crippen LogP contribution in [0.2, 0.25) is 0 Å². The van der Waals surface area contributed by atoms with Crippen LogP contribution in [-0.2, 0) is 0 Å². The first-order chi connectivity index (χ1) is 4.38. The standard InChI is InChI=1S/C4HN5/c5-1-3-4(2-6)8-9-7-3/h(H,7,8,9)/p+1. The summed E-state index contributed by atoms with van der Waals surface area (Å²) < 4.78 is 0. The van der Waals surface area contributed by atoms with Gasteiger partial charge in [0, 0.05) is 0 Å². The zero-order chi connectivity index (χ0) is 6.69. The van der Waals surface area contributed by atoms with Crippen molar-refractivity contribution in [2.75, 3.05) is 0 Å². The number of nitrogens with zero attached hydrogens (tertiary/aromatic N) is 3. The van der Waals surface area contributed by atoms with Crippen molar-refractivity contribution in [1.82, 2.24) is 10.3 Å². The molecule has 0 aliphatic carbocycles. The molecule has 0 saturated carbocycles. The zero-order valence-electron chi connectivity index (χ0n) is 4.34. The molecule has 0 bridgehead atoms. The van der Waals surface area contributed by atoms with E-state index in [1.54, 1.807) is 12.1 Å². The second-order valence-electron chi connectivity index (χ2n) is 1.30. The highest BCUT2D eigenvalue weighted by Gasteiger charge is 2.12. The van der Waals surface area contributed by atoms with Crippen molar-refractivity contribution in [3.8, 4) is 12.1 Å². The van der Waals surface area contributed by atoms with Crippen molar-refractivity contribution in [2.24, 2.45) is 0 Å². The van der Waals surface area contributed by atoms with Crippen LogP contribution in [0.25, 0.3) is 0 Å². The van der Waals surface area contributed by atoms with E-state index in [1.165, 1.54) is 0 Å². The van der Waals surface area contributed by atoms with E-state index in [1.807, 2.05) is 0 Å². The predicted molar refractivity (Wildman–Crippen MR) is 24.6 cm³/mol. The van der Waals surface area contributed by atoms with Crippen LogP contribution in [0.5, 0.6) is 0 Å². The molecule has 0 aliphatic rings. The zero-order valence-corrected chi connectivity index (χ0v) is 4.34. The minimum absolute atomic E-state index is 0.0949. The van der Waals surface area contributed by atoms with Crippen LogP contribution < -0.4 is 5.10 Å². The number of rotatable bonds is 0. The summed E-state index contributed by atoms with van der Waals surface area (Å²) in [6.45, 7) is 0. The van der Waals surface area contributed by atoms with Gasteiger partial charge in [-0.3, -0.25) is 0 Å². The van der Waals surface area contributed by atoms with Crippen LogP contribution in [0.4, 0.5) is 0 Å². The Morgan fingerprint density at radius 3 is 2.67 bits per heavy atom. The molecule has 0 unspecified atom stereocenters. The third-order valence-electron chi connectivity index (χ3n) is 0.803. The van der Waals surface area contributed by atoms with Crippen molar-refractivity contribution in [2.45, 2.75) is 0 Å². The van der Waals surface area contributed by atoms with Crippen molar-refractivity contribution in [1.29, 1.82) is 10.5 Å². The summed E-state index contributed by atoms with van der Waals surface area (Å²) in [5, 5.41) is 24.6. The van der Waals surface area contributed by atoms with E-state index in [0.717, 1.165) is 0 Å². The topological polar surface area (TPSA) is 90.4 Å². The molecule has 0 aliphatic heterocycles. The number of nitriles is 2. The third kappa shape index (κ3) is 0.707. The fourth-order valence-electron chi connectivity index (χ4n) is 0.417. The van der Waals surface area contributed by atoms with Gasteiger partial charge in [0.2, 0.25) is 0 Å². The SMILES string of the molecule is N#Cc1n[nH][nH+]c1C#N. The molecule has 0 atom stereocenters. The fraction of sp³-hybridized carbons (Fsp3) is 0. The molecule has 1 heterocycles. The van der Waals surface area contributed by atoms with Gasteiger partial charge in [-0.25, -0.2) is 0 Å². The summed E-state index contributed by atoms with van der Waals surface area (Å²) in [7, 11) is 0. The molecule has 1 rings (SSSR count). The number of hydrogen-bond donors (Lipinski definition) is 1. The third-order valence-corrected chi connectivity index (χ3v) is 0.803. The predicted octanol–water partition coefficient (Wildman–Crippen LogP) is -1.03. The Morgan fingerprint density at radius 2 is 2.22 bits per heavy atom. The lowest BCUT2D eigenvalue weighted by Crippen LogP contribution is -2.05. The van der Waals surface area contributed by atoms with Crippen molar-refractivity contribution in [3.05, 3.63) is 11.4 Å². The second kappa shape index (κ2) is 1.93. The van der Waals surface area contributed by atoms with Gasteiger partial charge in [-0.05, 0) is 0 Å². The van der Waals surface area contributed by atoms with Gasteiger partial charge >= 0.3 is 5.69 Å². The second-order valence-corrected chi connectivity index (χ2v) is 1.30. The first kappa shape index (κ1) is 5.26. The Morgan fingerprint density at radius 1 is 1.44 bits per heavy atom. The van der Waals surface area contributed by atoms with Crippen LogP contribution in [0, 0.1) is 22.7 Å². The van der Waals surface area contributed by atoms with Crippen LogP contribution >= 0.6 is 0 Å². The summed E-state index contributed by atoms with van der Waals surface area (Å²) in [5.74, 6) is 0. The van der Waals surface area contributed by atoms with E-state index in [4.69, 9.17) is 10.5 Å². The fourth-order valence-corrected chi connectivity index (χ4v) is 0.417. The number of nitrogens with one attached hydrogen (secondary N) is 2. The Labute approximate surface area is 50.5 Å². The van der Waals surface area contributed by atoms with Gasteiger partial charge < -0.3 is 0 Å². The maximum Gasteiger partial charge on any atom is 0.335 e. The summed E-state index contributed by atoms with van der Waals surface area (Å²) in [5.41, 5.74) is 0.259. The van der Waals surface area contributed by atoms with Crippen molar-refractivity contribution >= 4 is 0 Å². The largest absolute Gasteiger partial charge is 0.335 e. The van der Waals surface area contributed by atoms with Crippen LogP contribution in [0.3, 0.4) is 0 Å². The molecule has 0 amide bonds. The molecule has 0 saturated heterocycles. The number of aromatic amines is 2. The van der Waals surface area contributed by atoms with E-state index in [-0.39, 0.29) is 11.4 Å². The molecule has 9 heavy (non-hydrogen) atoms. The van der Waals surface area contributed by atoms with Gasteiger partial charge in [0.1, 0.15) is 0 Å². The minimum atomic E-state index is 0.0949. The maximum absolute atomic E-state index is 8.25. The molecule has 5 heteroatoms.